The Kier molecular flexibility index (Phi) is 9.57. The average Bonchev–Trinajstić information content (AvgIpc) is 2.74. The van der Waals surface area contributed by atoms with E-state index in [2.05, 4.69) is 12.2 Å². The third kappa shape index (κ3) is 7.12. The lowest BCUT2D eigenvalue weighted by molar-refractivity contribution is -0.143. The Balaban J connectivity index is 2.21. The highest BCUT2D eigenvalue weighted by molar-refractivity contribution is 5.88. The molecule has 5 nitrogen and oxygen atoms in total. The number of carbonyl (C=O) groups excluding carboxylic acids is 2. The molecule has 31 heavy (non-hydrogen) atoms. The maximum Gasteiger partial charge on any atom is 0.261 e. The van der Waals surface area contributed by atoms with E-state index in [0.717, 1.165) is 35.1 Å². The third-order valence-electron chi connectivity index (χ3n) is 5.56. The highest BCUT2D eigenvalue weighted by Gasteiger charge is 2.29. The summed E-state index contributed by atoms with van der Waals surface area (Å²) in [5, 5.41) is 2.98. The number of hydrogen-bond donors (Lipinski definition) is 1. The average molecular weight is 425 g/mol. The van der Waals surface area contributed by atoms with Gasteiger partial charge in [0.25, 0.3) is 5.91 Å². The maximum absolute atomic E-state index is 13.3. The van der Waals surface area contributed by atoms with Gasteiger partial charge in [-0.05, 0) is 56.4 Å². The molecule has 0 fully saturated rings. The molecular weight excluding hydrogens is 388 g/mol. The van der Waals surface area contributed by atoms with Crippen LogP contribution >= 0.6 is 0 Å². The van der Waals surface area contributed by atoms with Gasteiger partial charge in [0.15, 0.2) is 6.61 Å². The van der Waals surface area contributed by atoms with Crippen molar-refractivity contribution in [3.05, 3.63) is 64.7 Å². The molecule has 0 aliphatic carbocycles. The number of ether oxygens (including phenoxy) is 1. The first kappa shape index (κ1) is 24.4. The van der Waals surface area contributed by atoms with Crippen LogP contribution < -0.4 is 10.1 Å². The molecule has 2 rings (SSSR count). The molecule has 2 aromatic carbocycles. The van der Waals surface area contributed by atoms with E-state index >= 15 is 0 Å². The number of hydrogen-bond acceptors (Lipinski definition) is 3. The molecule has 0 aromatic heterocycles. The van der Waals surface area contributed by atoms with Gasteiger partial charge in [0.05, 0.1) is 0 Å². The molecule has 0 bridgehead atoms. The Morgan fingerprint density at radius 2 is 1.81 bits per heavy atom. The summed E-state index contributed by atoms with van der Waals surface area (Å²) in [6.07, 6.45) is 2.47. The third-order valence-corrected chi connectivity index (χ3v) is 5.56. The smallest absolute Gasteiger partial charge is 0.261 e. The number of rotatable bonds is 11. The minimum absolute atomic E-state index is 0.102. The molecule has 1 N–H and O–H groups in total. The summed E-state index contributed by atoms with van der Waals surface area (Å²) in [4.78, 5) is 27.8. The maximum atomic E-state index is 13.3. The number of unbranched alkanes of at least 4 members (excludes halogenated alkanes) is 1. The second-order valence-electron chi connectivity index (χ2n) is 8.07. The van der Waals surface area contributed by atoms with E-state index in [1.807, 2.05) is 70.2 Å². The second kappa shape index (κ2) is 12.1. The number of amides is 2. The van der Waals surface area contributed by atoms with Crippen molar-refractivity contribution in [2.24, 2.45) is 0 Å². The van der Waals surface area contributed by atoms with E-state index < -0.39 is 6.04 Å². The van der Waals surface area contributed by atoms with Crippen LogP contribution in [0, 0.1) is 20.8 Å². The lowest BCUT2D eigenvalue weighted by Gasteiger charge is -2.30. The predicted octanol–water partition coefficient (Wildman–Crippen LogP) is 4.71. The Hall–Kier alpha value is -2.82. The first-order chi connectivity index (χ1) is 14.9. The molecular formula is C26H36N2O3. The zero-order valence-electron chi connectivity index (χ0n) is 19.5. The molecule has 5 heteroatoms. The summed E-state index contributed by atoms with van der Waals surface area (Å²) in [6.45, 7) is 10.9. The summed E-state index contributed by atoms with van der Waals surface area (Å²) >= 11 is 0. The lowest BCUT2D eigenvalue weighted by Crippen LogP contribution is -2.50. The van der Waals surface area contributed by atoms with Crippen molar-refractivity contribution in [1.29, 1.82) is 0 Å². The van der Waals surface area contributed by atoms with Crippen molar-refractivity contribution in [1.82, 2.24) is 10.2 Å². The quantitative estimate of drug-likeness (QED) is 0.531. The van der Waals surface area contributed by atoms with E-state index in [9.17, 15) is 9.59 Å². The Bertz CT molecular complexity index is 879. The fourth-order valence-corrected chi connectivity index (χ4v) is 3.54. The van der Waals surface area contributed by atoms with Gasteiger partial charge >= 0.3 is 0 Å². The van der Waals surface area contributed by atoms with Crippen molar-refractivity contribution in [3.63, 3.8) is 0 Å². The van der Waals surface area contributed by atoms with Crippen molar-refractivity contribution in [2.45, 2.75) is 66.5 Å². The largest absolute Gasteiger partial charge is 0.483 e. The molecule has 0 aliphatic rings. The van der Waals surface area contributed by atoms with Crippen LogP contribution in [-0.4, -0.2) is 35.9 Å². The van der Waals surface area contributed by atoms with E-state index in [1.54, 1.807) is 4.90 Å². The molecule has 1 atom stereocenters. The summed E-state index contributed by atoms with van der Waals surface area (Å²) < 4.78 is 5.87. The molecule has 0 heterocycles. The van der Waals surface area contributed by atoms with Crippen LogP contribution in [0.25, 0.3) is 0 Å². The van der Waals surface area contributed by atoms with Gasteiger partial charge in [-0.3, -0.25) is 9.59 Å². The summed E-state index contributed by atoms with van der Waals surface area (Å²) in [7, 11) is 0. The fourth-order valence-electron chi connectivity index (χ4n) is 3.54. The monoisotopic (exact) mass is 424 g/mol. The number of carbonyl (C=O) groups is 2. The van der Waals surface area contributed by atoms with Gasteiger partial charge in [0.2, 0.25) is 5.91 Å². The Morgan fingerprint density at radius 3 is 2.48 bits per heavy atom. The number of nitrogens with zero attached hydrogens (tertiary/aromatic N) is 1. The van der Waals surface area contributed by atoms with Crippen LogP contribution in [0.2, 0.25) is 0 Å². The fraction of sp³-hybridized carbons (Fsp3) is 0.462. The first-order valence-electron chi connectivity index (χ1n) is 11.2. The SMILES string of the molecule is CCCCNC(=O)[C@H](CC)N(Cc1cccc(C)c1)C(=O)COc1cccc(C)c1C. The molecule has 2 amide bonds. The molecule has 0 unspecified atom stereocenters. The number of benzene rings is 2. The van der Waals surface area contributed by atoms with Gasteiger partial charge in [0, 0.05) is 13.1 Å². The normalized spacial score (nSPS) is 11.6. The van der Waals surface area contributed by atoms with Gasteiger partial charge in [-0.2, -0.15) is 0 Å². The van der Waals surface area contributed by atoms with E-state index in [4.69, 9.17) is 4.74 Å². The summed E-state index contributed by atoms with van der Waals surface area (Å²) in [5.74, 6) is 0.396. The van der Waals surface area contributed by atoms with Gasteiger partial charge in [-0.15, -0.1) is 0 Å². The Labute approximate surface area is 186 Å². The van der Waals surface area contributed by atoms with Crippen LogP contribution in [0.1, 0.15) is 55.4 Å². The molecule has 168 valence electrons. The molecule has 0 spiro atoms. The van der Waals surface area contributed by atoms with Crippen molar-refractivity contribution < 1.29 is 14.3 Å². The minimum Gasteiger partial charge on any atom is -0.483 e. The van der Waals surface area contributed by atoms with Gasteiger partial charge in [-0.1, -0.05) is 62.2 Å². The summed E-state index contributed by atoms with van der Waals surface area (Å²) in [6, 6.07) is 13.3. The van der Waals surface area contributed by atoms with Gasteiger partial charge in [0.1, 0.15) is 11.8 Å². The Morgan fingerprint density at radius 1 is 1.06 bits per heavy atom. The van der Waals surface area contributed by atoms with Crippen LogP contribution in [0.15, 0.2) is 42.5 Å². The predicted molar refractivity (Wildman–Crippen MR) is 125 cm³/mol. The van der Waals surface area contributed by atoms with Crippen molar-refractivity contribution in [3.8, 4) is 5.75 Å². The van der Waals surface area contributed by atoms with Crippen LogP contribution in [0.5, 0.6) is 5.75 Å². The van der Waals surface area contributed by atoms with E-state index in [-0.39, 0.29) is 18.4 Å². The topological polar surface area (TPSA) is 58.6 Å². The lowest BCUT2D eigenvalue weighted by atomic mass is 10.1. The highest BCUT2D eigenvalue weighted by atomic mass is 16.5. The number of nitrogens with one attached hydrogen (secondary N) is 1. The molecule has 0 radical (unpaired) electrons. The molecule has 0 aliphatic heterocycles. The van der Waals surface area contributed by atoms with Crippen molar-refractivity contribution in [2.75, 3.05) is 13.2 Å². The standard InChI is InChI=1S/C26H36N2O3/c1-6-8-15-27-26(30)23(7-2)28(17-22-13-9-11-19(3)16-22)25(29)18-31-24-14-10-12-20(4)21(24)5/h9-14,16,23H,6-8,15,17-18H2,1-5H3,(H,27,30)/t23-/m0/s1. The van der Waals surface area contributed by atoms with Crippen LogP contribution in [-0.2, 0) is 16.1 Å². The molecule has 0 saturated heterocycles. The first-order valence-corrected chi connectivity index (χ1v) is 11.2. The van der Waals surface area contributed by atoms with E-state index in [1.165, 1.54) is 0 Å². The second-order valence-corrected chi connectivity index (χ2v) is 8.07. The highest BCUT2D eigenvalue weighted by Crippen LogP contribution is 2.21. The van der Waals surface area contributed by atoms with Crippen LogP contribution in [0.3, 0.4) is 0 Å². The zero-order valence-corrected chi connectivity index (χ0v) is 19.5. The van der Waals surface area contributed by atoms with Crippen molar-refractivity contribution >= 4 is 11.8 Å². The zero-order chi connectivity index (χ0) is 22.8. The molecule has 2 aromatic rings. The van der Waals surface area contributed by atoms with E-state index in [0.29, 0.717) is 25.3 Å². The number of aryl methyl sites for hydroxylation is 2. The van der Waals surface area contributed by atoms with Crippen LogP contribution in [0.4, 0.5) is 0 Å². The van der Waals surface area contributed by atoms with Gasteiger partial charge in [-0.25, -0.2) is 0 Å². The van der Waals surface area contributed by atoms with Gasteiger partial charge < -0.3 is 15.0 Å². The minimum atomic E-state index is -0.535. The summed E-state index contributed by atoms with van der Waals surface area (Å²) in [5.41, 5.74) is 4.25. The molecule has 0 saturated carbocycles.